The summed E-state index contributed by atoms with van der Waals surface area (Å²) in [7, 11) is 2.08. The Morgan fingerprint density at radius 3 is 2.36 bits per heavy atom. The number of nitrogens with zero attached hydrogens (tertiary/aromatic N) is 1. The lowest BCUT2D eigenvalue weighted by molar-refractivity contribution is 0.0929. The fourth-order valence-electron chi connectivity index (χ4n) is 2.57. The van der Waals surface area contributed by atoms with Crippen LogP contribution in [0.2, 0.25) is 0 Å². The Labute approximate surface area is 145 Å². The molecule has 1 saturated heterocycles. The van der Waals surface area contributed by atoms with Crippen molar-refractivity contribution in [3.63, 3.8) is 0 Å². The second-order valence-corrected chi connectivity index (χ2v) is 5.47. The lowest BCUT2D eigenvalue weighted by Crippen LogP contribution is -2.42. The normalized spacial score (nSPS) is 14.5. The van der Waals surface area contributed by atoms with E-state index >= 15 is 0 Å². The van der Waals surface area contributed by atoms with E-state index in [9.17, 15) is 4.79 Å². The van der Waals surface area contributed by atoms with Crippen molar-refractivity contribution < 1.29 is 4.79 Å². The Hall–Kier alpha value is -0.970. The number of carbonyl (C=O) groups is 1. The van der Waals surface area contributed by atoms with Crippen LogP contribution < -0.4 is 15.5 Å². The van der Waals surface area contributed by atoms with Crippen LogP contribution in [0.5, 0.6) is 0 Å². The second-order valence-electron chi connectivity index (χ2n) is 5.47. The third kappa shape index (κ3) is 6.03. The lowest BCUT2D eigenvalue weighted by Gasteiger charge is -2.24. The molecule has 2 rings (SSSR count). The molecule has 0 spiro atoms. The summed E-state index contributed by atoms with van der Waals surface area (Å²) >= 11 is 0. The van der Waals surface area contributed by atoms with E-state index in [1.165, 1.54) is 0 Å². The van der Waals surface area contributed by atoms with Crippen molar-refractivity contribution in [2.24, 2.45) is 0 Å². The Bertz CT molecular complexity index is 434. The summed E-state index contributed by atoms with van der Waals surface area (Å²) in [4.78, 5) is 14.4. The average Bonchev–Trinajstić information content (AvgIpc) is 2.48. The monoisotopic (exact) mass is 347 g/mol. The van der Waals surface area contributed by atoms with E-state index in [4.69, 9.17) is 0 Å². The van der Waals surface area contributed by atoms with Gasteiger partial charge in [0.2, 0.25) is 0 Å². The van der Waals surface area contributed by atoms with E-state index < -0.39 is 0 Å². The number of amides is 1. The standard InChI is InChI=1S/C16H25N3O.2ClH/c1-3-12-19(2)15-6-4-13(5-7-15)16(20)18-14-8-10-17-11-9-14;;/h4-7,14,17H,3,8-12H2,1-2H3,(H,18,20);2*1H. The number of carbonyl (C=O) groups excluding carboxylic acids is 1. The van der Waals surface area contributed by atoms with Crippen LogP contribution in [0.3, 0.4) is 0 Å². The number of halogens is 2. The van der Waals surface area contributed by atoms with Crippen LogP contribution in [-0.4, -0.2) is 38.6 Å². The van der Waals surface area contributed by atoms with Gasteiger partial charge in [-0.05, 0) is 56.6 Å². The Kier molecular flexibility index (Phi) is 10.2. The zero-order valence-corrected chi connectivity index (χ0v) is 14.9. The van der Waals surface area contributed by atoms with Gasteiger partial charge in [0.15, 0.2) is 0 Å². The molecule has 0 aliphatic carbocycles. The molecule has 0 aromatic heterocycles. The zero-order valence-electron chi connectivity index (χ0n) is 13.3. The van der Waals surface area contributed by atoms with E-state index in [1.807, 2.05) is 24.3 Å². The first-order valence-electron chi connectivity index (χ1n) is 7.53. The minimum Gasteiger partial charge on any atom is -0.375 e. The third-order valence-electron chi connectivity index (χ3n) is 3.80. The molecule has 0 saturated carbocycles. The fraction of sp³-hybridized carbons (Fsp3) is 0.562. The third-order valence-corrected chi connectivity index (χ3v) is 3.80. The molecule has 0 bridgehead atoms. The molecule has 126 valence electrons. The predicted molar refractivity (Wildman–Crippen MR) is 97.9 cm³/mol. The van der Waals surface area contributed by atoms with Gasteiger partial charge in [-0.2, -0.15) is 0 Å². The molecular formula is C16H27Cl2N3O. The van der Waals surface area contributed by atoms with Crippen LogP contribution in [0.1, 0.15) is 36.5 Å². The van der Waals surface area contributed by atoms with Gasteiger partial charge in [-0.25, -0.2) is 0 Å². The van der Waals surface area contributed by atoms with E-state index in [0.717, 1.165) is 50.1 Å². The number of piperidine rings is 1. The van der Waals surface area contributed by atoms with Crippen LogP contribution in [0.4, 0.5) is 5.69 Å². The molecule has 1 fully saturated rings. The zero-order chi connectivity index (χ0) is 14.4. The number of anilines is 1. The van der Waals surface area contributed by atoms with E-state index in [1.54, 1.807) is 0 Å². The van der Waals surface area contributed by atoms with E-state index in [0.29, 0.717) is 6.04 Å². The van der Waals surface area contributed by atoms with Crippen LogP contribution in [0.25, 0.3) is 0 Å². The van der Waals surface area contributed by atoms with Gasteiger partial charge in [0.25, 0.3) is 5.91 Å². The van der Waals surface area contributed by atoms with Gasteiger partial charge in [-0.1, -0.05) is 6.92 Å². The topological polar surface area (TPSA) is 44.4 Å². The number of nitrogens with one attached hydrogen (secondary N) is 2. The van der Waals surface area contributed by atoms with E-state index in [2.05, 4.69) is 29.5 Å². The maximum atomic E-state index is 12.2. The molecule has 0 radical (unpaired) electrons. The minimum absolute atomic E-state index is 0. The SMILES string of the molecule is CCCN(C)c1ccc(C(=O)NC2CCNCC2)cc1.Cl.Cl. The van der Waals surface area contributed by atoms with Crippen molar-refractivity contribution in [1.29, 1.82) is 0 Å². The van der Waals surface area contributed by atoms with Gasteiger partial charge in [-0.15, -0.1) is 24.8 Å². The van der Waals surface area contributed by atoms with Crippen molar-refractivity contribution in [2.45, 2.75) is 32.2 Å². The number of rotatable bonds is 5. The molecule has 1 amide bonds. The average molecular weight is 348 g/mol. The number of hydrogen-bond acceptors (Lipinski definition) is 3. The molecule has 4 nitrogen and oxygen atoms in total. The quantitative estimate of drug-likeness (QED) is 0.860. The smallest absolute Gasteiger partial charge is 0.251 e. The van der Waals surface area contributed by atoms with Crippen molar-refractivity contribution >= 4 is 36.4 Å². The van der Waals surface area contributed by atoms with Gasteiger partial charge in [0, 0.05) is 30.9 Å². The molecule has 1 aromatic rings. The van der Waals surface area contributed by atoms with Gasteiger partial charge in [0.05, 0.1) is 0 Å². The highest BCUT2D eigenvalue weighted by Crippen LogP contribution is 2.14. The molecule has 22 heavy (non-hydrogen) atoms. The maximum Gasteiger partial charge on any atom is 0.251 e. The van der Waals surface area contributed by atoms with Crippen LogP contribution in [-0.2, 0) is 0 Å². The first kappa shape index (κ1) is 21.0. The van der Waals surface area contributed by atoms with Gasteiger partial charge >= 0.3 is 0 Å². The Morgan fingerprint density at radius 1 is 1.23 bits per heavy atom. The van der Waals surface area contributed by atoms with Gasteiger partial charge < -0.3 is 15.5 Å². The molecule has 1 heterocycles. The summed E-state index contributed by atoms with van der Waals surface area (Å²) in [6, 6.07) is 8.18. The summed E-state index contributed by atoms with van der Waals surface area (Å²) in [6.45, 7) is 5.18. The summed E-state index contributed by atoms with van der Waals surface area (Å²) < 4.78 is 0. The Balaban J connectivity index is 0.00000220. The highest BCUT2D eigenvalue weighted by molar-refractivity contribution is 5.94. The van der Waals surface area contributed by atoms with Crippen molar-refractivity contribution in [3.8, 4) is 0 Å². The molecule has 2 N–H and O–H groups in total. The van der Waals surface area contributed by atoms with Crippen molar-refractivity contribution in [1.82, 2.24) is 10.6 Å². The molecule has 0 unspecified atom stereocenters. The summed E-state index contributed by atoms with van der Waals surface area (Å²) in [5.41, 5.74) is 1.91. The largest absolute Gasteiger partial charge is 0.375 e. The van der Waals surface area contributed by atoms with Crippen LogP contribution in [0, 0.1) is 0 Å². The van der Waals surface area contributed by atoms with E-state index in [-0.39, 0.29) is 30.7 Å². The maximum absolute atomic E-state index is 12.2. The summed E-state index contributed by atoms with van der Waals surface area (Å²) in [5, 5.41) is 6.42. The molecule has 1 aromatic carbocycles. The highest BCUT2D eigenvalue weighted by atomic mass is 35.5. The predicted octanol–water partition coefficient (Wildman–Crippen LogP) is 2.86. The van der Waals surface area contributed by atoms with Gasteiger partial charge in [-0.3, -0.25) is 4.79 Å². The molecule has 6 heteroatoms. The second kappa shape index (κ2) is 10.7. The van der Waals surface area contributed by atoms with Gasteiger partial charge in [0.1, 0.15) is 0 Å². The fourth-order valence-corrected chi connectivity index (χ4v) is 2.57. The molecule has 1 aliphatic heterocycles. The number of benzene rings is 1. The molecule has 1 aliphatic rings. The first-order chi connectivity index (χ1) is 9.70. The number of hydrogen-bond donors (Lipinski definition) is 2. The molecular weight excluding hydrogens is 321 g/mol. The van der Waals surface area contributed by atoms with Crippen molar-refractivity contribution in [3.05, 3.63) is 29.8 Å². The summed E-state index contributed by atoms with van der Waals surface area (Å²) in [6.07, 6.45) is 3.15. The Morgan fingerprint density at radius 2 is 1.82 bits per heavy atom. The molecule has 0 atom stereocenters. The first-order valence-corrected chi connectivity index (χ1v) is 7.53. The lowest BCUT2D eigenvalue weighted by atomic mass is 10.1. The highest BCUT2D eigenvalue weighted by Gasteiger charge is 2.16. The summed E-state index contributed by atoms with van der Waals surface area (Å²) in [5.74, 6) is 0.0431. The van der Waals surface area contributed by atoms with Crippen molar-refractivity contribution in [2.75, 3.05) is 31.6 Å². The van der Waals surface area contributed by atoms with Crippen LogP contribution >= 0.6 is 24.8 Å². The minimum atomic E-state index is 0. The van der Waals surface area contributed by atoms with Crippen LogP contribution in [0.15, 0.2) is 24.3 Å².